The highest BCUT2D eigenvalue weighted by molar-refractivity contribution is 7.62. The summed E-state index contributed by atoms with van der Waals surface area (Å²) in [5, 5.41) is 9.27. The highest BCUT2D eigenvalue weighted by Gasteiger charge is 2.27. The number of hydrogen-bond donors (Lipinski definition) is 1. The Hall–Kier alpha value is -0.900. The first-order valence-corrected chi connectivity index (χ1v) is 5.28. The Kier molecular flexibility index (Phi) is 3.26. The highest BCUT2D eigenvalue weighted by atomic mass is 31.2. The van der Waals surface area contributed by atoms with Crippen LogP contribution in [-0.4, -0.2) is 19.3 Å². The monoisotopic (exact) mass is 220 g/mol. The van der Waals surface area contributed by atoms with Crippen LogP contribution >= 0.6 is 7.60 Å². The van der Waals surface area contributed by atoms with E-state index in [9.17, 15) is 14.1 Å². The number of halogens is 1. The predicted octanol–water partition coefficient (Wildman–Crippen LogP) is 1.64. The average Bonchev–Trinajstić information content (AvgIpc) is 2.17. The van der Waals surface area contributed by atoms with Crippen LogP contribution < -0.4 is 5.30 Å². The van der Waals surface area contributed by atoms with Gasteiger partial charge in [-0.15, -0.1) is 0 Å². The van der Waals surface area contributed by atoms with Crippen LogP contribution in [0.3, 0.4) is 0 Å². The number of phenolic OH excluding ortho intramolecular Hbond substituents is 1. The van der Waals surface area contributed by atoms with Crippen molar-refractivity contribution in [3.8, 4) is 5.75 Å². The van der Waals surface area contributed by atoms with Gasteiger partial charge in [0.2, 0.25) is 0 Å². The maximum absolute atomic E-state index is 12.6. The summed E-state index contributed by atoms with van der Waals surface area (Å²) in [5.41, 5.74) is 0. The summed E-state index contributed by atoms with van der Waals surface area (Å²) < 4.78 is 33.7. The van der Waals surface area contributed by atoms with Crippen molar-refractivity contribution in [3.63, 3.8) is 0 Å². The van der Waals surface area contributed by atoms with Crippen molar-refractivity contribution in [1.29, 1.82) is 0 Å². The molecule has 0 atom stereocenters. The van der Waals surface area contributed by atoms with E-state index >= 15 is 0 Å². The van der Waals surface area contributed by atoms with Crippen LogP contribution in [0.25, 0.3) is 0 Å². The largest absolute Gasteiger partial charge is 0.507 e. The topological polar surface area (TPSA) is 55.8 Å². The molecule has 0 heterocycles. The predicted molar refractivity (Wildman–Crippen MR) is 49.3 cm³/mol. The Morgan fingerprint density at radius 2 is 1.93 bits per heavy atom. The molecule has 0 aliphatic heterocycles. The van der Waals surface area contributed by atoms with Gasteiger partial charge in [0.25, 0.3) is 0 Å². The van der Waals surface area contributed by atoms with Gasteiger partial charge in [0.05, 0.1) is 0 Å². The first kappa shape index (κ1) is 11.2. The van der Waals surface area contributed by atoms with Gasteiger partial charge in [0.15, 0.2) is 0 Å². The van der Waals surface area contributed by atoms with Crippen LogP contribution in [0.15, 0.2) is 18.2 Å². The smallest absolute Gasteiger partial charge is 0.364 e. The minimum atomic E-state index is -3.51. The van der Waals surface area contributed by atoms with Gasteiger partial charge in [-0.2, -0.15) is 0 Å². The van der Waals surface area contributed by atoms with Crippen molar-refractivity contribution < 1.29 is 23.1 Å². The molecule has 1 aromatic carbocycles. The third-order valence-electron chi connectivity index (χ3n) is 1.71. The summed E-state index contributed by atoms with van der Waals surface area (Å²) in [6.45, 7) is 0. The Labute approximate surface area is 80.8 Å². The molecule has 0 spiro atoms. The Balaban J connectivity index is 3.25. The average molecular weight is 220 g/mol. The van der Waals surface area contributed by atoms with Crippen LogP contribution in [0, 0.1) is 5.82 Å². The summed E-state index contributed by atoms with van der Waals surface area (Å²) in [6.07, 6.45) is 0. The zero-order valence-electron chi connectivity index (χ0n) is 7.73. The van der Waals surface area contributed by atoms with Gasteiger partial charge in [0.1, 0.15) is 16.9 Å². The second-order valence-corrected chi connectivity index (χ2v) is 4.70. The summed E-state index contributed by atoms with van der Waals surface area (Å²) in [6, 6.07) is 3.08. The van der Waals surface area contributed by atoms with Crippen LogP contribution in [0.2, 0.25) is 0 Å². The maximum atomic E-state index is 12.6. The van der Waals surface area contributed by atoms with Crippen molar-refractivity contribution in [3.05, 3.63) is 24.0 Å². The van der Waals surface area contributed by atoms with Crippen LogP contribution in [0.5, 0.6) is 5.75 Å². The van der Waals surface area contributed by atoms with Crippen molar-refractivity contribution in [1.82, 2.24) is 0 Å². The first-order chi connectivity index (χ1) is 6.53. The highest BCUT2D eigenvalue weighted by Crippen LogP contribution is 2.47. The molecule has 1 aromatic rings. The van der Waals surface area contributed by atoms with Gasteiger partial charge in [-0.1, -0.05) is 0 Å². The Morgan fingerprint density at radius 3 is 2.36 bits per heavy atom. The molecular formula is C8H10FO4P. The fourth-order valence-electron chi connectivity index (χ4n) is 0.999. The quantitative estimate of drug-likeness (QED) is 0.786. The first-order valence-electron chi connectivity index (χ1n) is 3.74. The molecule has 0 amide bonds. The molecular weight excluding hydrogens is 210 g/mol. The van der Waals surface area contributed by atoms with E-state index in [2.05, 4.69) is 9.05 Å². The zero-order valence-corrected chi connectivity index (χ0v) is 8.62. The molecule has 0 aliphatic rings. The van der Waals surface area contributed by atoms with Crippen molar-refractivity contribution >= 4 is 12.9 Å². The molecule has 6 heteroatoms. The third-order valence-corrected chi connectivity index (χ3v) is 3.64. The van der Waals surface area contributed by atoms with E-state index in [0.717, 1.165) is 12.1 Å². The second-order valence-electron chi connectivity index (χ2n) is 2.50. The third kappa shape index (κ3) is 1.95. The molecule has 1 rings (SSSR count). The van der Waals surface area contributed by atoms with E-state index < -0.39 is 19.2 Å². The fraction of sp³-hybridized carbons (Fsp3) is 0.250. The molecule has 0 radical (unpaired) electrons. The van der Waals surface area contributed by atoms with Crippen molar-refractivity contribution in [2.75, 3.05) is 14.2 Å². The normalized spacial score (nSPS) is 11.6. The lowest BCUT2D eigenvalue weighted by molar-refractivity contribution is 0.286. The molecule has 0 aromatic heterocycles. The Bertz CT molecular complexity index is 372. The van der Waals surface area contributed by atoms with Crippen molar-refractivity contribution in [2.24, 2.45) is 0 Å². The molecule has 4 nitrogen and oxygen atoms in total. The maximum Gasteiger partial charge on any atom is 0.364 e. The lowest BCUT2D eigenvalue weighted by Gasteiger charge is -2.14. The second kappa shape index (κ2) is 4.09. The van der Waals surface area contributed by atoms with Gasteiger partial charge in [-0.3, -0.25) is 4.57 Å². The van der Waals surface area contributed by atoms with Gasteiger partial charge in [-0.05, 0) is 12.1 Å². The van der Waals surface area contributed by atoms with E-state index in [4.69, 9.17) is 0 Å². The van der Waals surface area contributed by atoms with Gasteiger partial charge in [0, 0.05) is 20.3 Å². The number of aromatic hydroxyl groups is 1. The van der Waals surface area contributed by atoms with E-state index in [1.54, 1.807) is 0 Å². The molecule has 14 heavy (non-hydrogen) atoms. The Morgan fingerprint density at radius 1 is 1.36 bits per heavy atom. The van der Waals surface area contributed by atoms with Crippen LogP contribution in [-0.2, 0) is 13.6 Å². The molecule has 1 N–H and O–H groups in total. The fourth-order valence-corrected chi connectivity index (χ4v) is 2.14. The van der Waals surface area contributed by atoms with Crippen LogP contribution in [0.4, 0.5) is 4.39 Å². The summed E-state index contributed by atoms with van der Waals surface area (Å²) in [5.74, 6) is -1.07. The summed E-state index contributed by atoms with van der Waals surface area (Å²) in [7, 11) is -1.13. The number of benzene rings is 1. The molecule has 0 unspecified atom stereocenters. The molecule has 78 valence electrons. The minimum absolute atomic E-state index is 0.0519. The summed E-state index contributed by atoms with van der Waals surface area (Å²) >= 11 is 0. The molecule has 0 bridgehead atoms. The van der Waals surface area contributed by atoms with Gasteiger partial charge >= 0.3 is 7.60 Å². The van der Waals surface area contributed by atoms with Crippen LogP contribution in [0.1, 0.15) is 0 Å². The molecule has 0 saturated heterocycles. The number of hydrogen-bond acceptors (Lipinski definition) is 4. The molecule has 0 fully saturated rings. The van der Waals surface area contributed by atoms with E-state index in [1.165, 1.54) is 20.3 Å². The van der Waals surface area contributed by atoms with E-state index in [-0.39, 0.29) is 5.30 Å². The number of phenols is 1. The van der Waals surface area contributed by atoms with Gasteiger partial charge in [-0.25, -0.2) is 4.39 Å². The van der Waals surface area contributed by atoms with E-state index in [1.807, 2.05) is 0 Å². The summed E-state index contributed by atoms with van der Waals surface area (Å²) in [4.78, 5) is 0. The minimum Gasteiger partial charge on any atom is -0.507 e. The number of rotatable bonds is 3. The lowest BCUT2D eigenvalue weighted by atomic mass is 10.3. The van der Waals surface area contributed by atoms with E-state index in [0.29, 0.717) is 0 Å². The van der Waals surface area contributed by atoms with Gasteiger partial charge < -0.3 is 14.2 Å². The SMILES string of the molecule is COP(=O)(OC)c1ccc(F)cc1O. The standard InChI is InChI=1S/C8H10FO4P/c1-12-14(11,13-2)8-4-3-6(9)5-7(8)10/h3-5,10H,1-2H3. The molecule has 0 saturated carbocycles. The zero-order chi connectivity index (χ0) is 10.8. The molecule has 0 aliphatic carbocycles. The van der Waals surface area contributed by atoms with Crippen molar-refractivity contribution in [2.45, 2.75) is 0 Å². The lowest BCUT2D eigenvalue weighted by Crippen LogP contribution is -2.08.